The second-order valence-electron chi connectivity index (χ2n) is 4.45. The predicted octanol–water partition coefficient (Wildman–Crippen LogP) is 3.82. The van der Waals surface area contributed by atoms with Crippen molar-refractivity contribution in [1.29, 1.82) is 0 Å². The summed E-state index contributed by atoms with van der Waals surface area (Å²) in [6, 6.07) is 8.94. The van der Waals surface area contributed by atoms with E-state index < -0.39 is 5.82 Å². The van der Waals surface area contributed by atoms with Gasteiger partial charge in [-0.25, -0.2) is 8.78 Å². The quantitative estimate of drug-likeness (QED) is 0.808. The molecule has 0 aromatic heterocycles. The number of ether oxygens (including phenoxy) is 1. The lowest BCUT2D eigenvalue weighted by Crippen LogP contribution is -2.15. The molecule has 0 fully saturated rings. The lowest BCUT2D eigenvalue weighted by molar-refractivity contribution is 0.386. The highest BCUT2D eigenvalue weighted by Crippen LogP contribution is 2.24. The Morgan fingerprint density at radius 1 is 1.20 bits per heavy atom. The number of hydrogen-bond acceptors (Lipinski definition) is 2. The van der Waals surface area contributed by atoms with Gasteiger partial charge in [0.25, 0.3) is 0 Å². The van der Waals surface area contributed by atoms with Gasteiger partial charge in [0, 0.05) is 9.61 Å². The normalized spacial score (nSPS) is 12.2. The van der Waals surface area contributed by atoms with E-state index in [4.69, 9.17) is 10.5 Å². The molecule has 2 aromatic rings. The van der Waals surface area contributed by atoms with Crippen molar-refractivity contribution in [3.05, 3.63) is 62.7 Å². The SMILES string of the molecule is COc1ccc(CC(N)c2ccc(F)cc2I)cc1F. The minimum Gasteiger partial charge on any atom is -0.494 e. The van der Waals surface area contributed by atoms with Gasteiger partial charge in [-0.3, -0.25) is 0 Å². The molecule has 0 spiro atoms. The van der Waals surface area contributed by atoms with Crippen LogP contribution in [0.4, 0.5) is 8.78 Å². The number of nitrogens with two attached hydrogens (primary N) is 1. The van der Waals surface area contributed by atoms with Crippen molar-refractivity contribution in [2.75, 3.05) is 7.11 Å². The van der Waals surface area contributed by atoms with Crippen molar-refractivity contribution in [2.24, 2.45) is 5.73 Å². The summed E-state index contributed by atoms with van der Waals surface area (Å²) in [5.74, 6) is -0.495. The lowest BCUT2D eigenvalue weighted by Gasteiger charge is -2.14. The van der Waals surface area contributed by atoms with E-state index in [1.165, 1.54) is 25.3 Å². The summed E-state index contributed by atoms with van der Waals surface area (Å²) in [6.45, 7) is 0. The zero-order valence-corrected chi connectivity index (χ0v) is 13.0. The summed E-state index contributed by atoms with van der Waals surface area (Å²) < 4.78 is 32.3. The molecule has 2 aromatic carbocycles. The Labute approximate surface area is 130 Å². The minimum atomic E-state index is -0.411. The summed E-state index contributed by atoms with van der Waals surface area (Å²) in [4.78, 5) is 0. The molecule has 0 aliphatic rings. The highest BCUT2D eigenvalue weighted by atomic mass is 127. The van der Waals surface area contributed by atoms with Crippen molar-refractivity contribution in [1.82, 2.24) is 0 Å². The second-order valence-corrected chi connectivity index (χ2v) is 5.61. The van der Waals surface area contributed by atoms with E-state index in [9.17, 15) is 8.78 Å². The van der Waals surface area contributed by atoms with E-state index in [0.717, 1.165) is 14.7 Å². The number of halogens is 3. The zero-order chi connectivity index (χ0) is 14.7. The Morgan fingerprint density at radius 2 is 1.95 bits per heavy atom. The molecule has 0 radical (unpaired) electrons. The van der Waals surface area contributed by atoms with E-state index in [1.54, 1.807) is 18.2 Å². The van der Waals surface area contributed by atoms with Crippen LogP contribution in [0.15, 0.2) is 36.4 Å². The molecular formula is C15H14F2INO. The number of methoxy groups -OCH3 is 1. The van der Waals surface area contributed by atoms with Crippen LogP contribution >= 0.6 is 22.6 Å². The molecule has 1 unspecified atom stereocenters. The van der Waals surface area contributed by atoms with Gasteiger partial charge in [0.05, 0.1) is 7.11 Å². The molecule has 20 heavy (non-hydrogen) atoms. The number of benzene rings is 2. The van der Waals surface area contributed by atoms with Gasteiger partial charge in [0.1, 0.15) is 5.82 Å². The molecule has 0 saturated heterocycles. The molecular weight excluding hydrogens is 375 g/mol. The largest absolute Gasteiger partial charge is 0.494 e. The Morgan fingerprint density at radius 3 is 2.55 bits per heavy atom. The topological polar surface area (TPSA) is 35.2 Å². The molecule has 0 heterocycles. The van der Waals surface area contributed by atoms with E-state index in [2.05, 4.69) is 0 Å². The Kier molecular flexibility index (Phi) is 4.93. The second kappa shape index (κ2) is 6.49. The maximum Gasteiger partial charge on any atom is 0.165 e. The van der Waals surface area contributed by atoms with E-state index >= 15 is 0 Å². The molecule has 0 bridgehead atoms. The molecule has 5 heteroatoms. The lowest BCUT2D eigenvalue weighted by atomic mass is 9.99. The first-order valence-electron chi connectivity index (χ1n) is 6.04. The van der Waals surface area contributed by atoms with Crippen molar-refractivity contribution in [2.45, 2.75) is 12.5 Å². The molecule has 0 saturated carbocycles. The average molecular weight is 389 g/mol. The van der Waals surface area contributed by atoms with E-state index in [0.29, 0.717) is 6.42 Å². The summed E-state index contributed by atoms with van der Waals surface area (Å²) in [5, 5.41) is 0. The van der Waals surface area contributed by atoms with Crippen LogP contribution in [0.3, 0.4) is 0 Å². The van der Waals surface area contributed by atoms with Crippen LogP contribution in [-0.2, 0) is 6.42 Å². The smallest absolute Gasteiger partial charge is 0.165 e. The van der Waals surface area contributed by atoms with Crippen molar-refractivity contribution < 1.29 is 13.5 Å². The molecule has 2 nitrogen and oxygen atoms in total. The fourth-order valence-corrected chi connectivity index (χ4v) is 2.88. The van der Waals surface area contributed by atoms with Crippen LogP contribution < -0.4 is 10.5 Å². The Bertz CT molecular complexity index is 619. The first-order valence-corrected chi connectivity index (χ1v) is 7.12. The third-order valence-corrected chi connectivity index (χ3v) is 3.97. The first kappa shape index (κ1) is 15.2. The molecule has 2 N–H and O–H groups in total. The van der Waals surface area contributed by atoms with Crippen LogP contribution in [0.1, 0.15) is 17.2 Å². The maximum atomic E-state index is 13.6. The maximum absolute atomic E-state index is 13.6. The van der Waals surface area contributed by atoms with Gasteiger partial charge in [-0.15, -0.1) is 0 Å². The van der Waals surface area contributed by atoms with Crippen molar-refractivity contribution >= 4 is 22.6 Å². The standard InChI is InChI=1S/C15H14F2INO/c1-20-15-5-2-9(6-12(15)17)7-14(19)11-4-3-10(16)8-13(11)18/h2-6,8,14H,7,19H2,1H3. The summed E-state index contributed by atoms with van der Waals surface area (Å²) >= 11 is 2.05. The fourth-order valence-electron chi connectivity index (χ4n) is 2.00. The third-order valence-electron chi connectivity index (χ3n) is 3.03. The average Bonchev–Trinajstić information content (AvgIpc) is 2.38. The summed E-state index contributed by atoms with van der Waals surface area (Å²) in [6.07, 6.45) is 0.475. The van der Waals surface area contributed by atoms with Gasteiger partial charge in [-0.1, -0.05) is 12.1 Å². The first-order chi connectivity index (χ1) is 9.51. The third kappa shape index (κ3) is 3.46. The highest BCUT2D eigenvalue weighted by Gasteiger charge is 2.13. The summed E-state index contributed by atoms with van der Waals surface area (Å²) in [5.41, 5.74) is 7.74. The summed E-state index contributed by atoms with van der Waals surface area (Å²) in [7, 11) is 1.42. The van der Waals surface area contributed by atoms with Gasteiger partial charge in [0.2, 0.25) is 0 Å². The zero-order valence-electron chi connectivity index (χ0n) is 10.9. The highest BCUT2D eigenvalue weighted by molar-refractivity contribution is 14.1. The van der Waals surface area contributed by atoms with Crippen LogP contribution in [0, 0.1) is 15.2 Å². The molecule has 2 rings (SSSR count). The van der Waals surface area contributed by atoms with Gasteiger partial charge in [0.15, 0.2) is 11.6 Å². The predicted molar refractivity (Wildman–Crippen MR) is 82.7 cm³/mol. The van der Waals surface area contributed by atoms with Gasteiger partial charge >= 0.3 is 0 Å². The molecule has 0 aliphatic carbocycles. The molecule has 0 amide bonds. The van der Waals surface area contributed by atoms with E-state index in [-0.39, 0.29) is 17.6 Å². The van der Waals surface area contributed by atoms with Crippen LogP contribution in [0.5, 0.6) is 5.75 Å². The van der Waals surface area contributed by atoms with Crippen LogP contribution in [0.25, 0.3) is 0 Å². The van der Waals surface area contributed by atoms with Gasteiger partial charge in [-0.2, -0.15) is 0 Å². The Hall–Kier alpha value is -1.21. The van der Waals surface area contributed by atoms with Crippen molar-refractivity contribution in [3.63, 3.8) is 0 Å². The molecule has 106 valence electrons. The monoisotopic (exact) mass is 389 g/mol. The van der Waals surface area contributed by atoms with Crippen LogP contribution in [-0.4, -0.2) is 7.11 Å². The van der Waals surface area contributed by atoms with Crippen LogP contribution in [0.2, 0.25) is 0 Å². The minimum absolute atomic E-state index is 0.207. The Balaban J connectivity index is 2.18. The molecule has 1 atom stereocenters. The van der Waals surface area contributed by atoms with Crippen molar-refractivity contribution in [3.8, 4) is 5.75 Å². The number of rotatable bonds is 4. The number of hydrogen-bond donors (Lipinski definition) is 1. The van der Waals surface area contributed by atoms with Gasteiger partial charge in [-0.05, 0) is 64.4 Å². The molecule has 0 aliphatic heterocycles. The fraction of sp³-hybridized carbons (Fsp3) is 0.200. The van der Waals surface area contributed by atoms with E-state index in [1.807, 2.05) is 22.6 Å². The van der Waals surface area contributed by atoms with Gasteiger partial charge < -0.3 is 10.5 Å².